The van der Waals surface area contributed by atoms with Crippen molar-refractivity contribution >= 4 is 23.2 Å². The average molecular weight is 350 g/mol. The molecule has 0 bridgehead atoms. The van der Waals surface area contributed by atoms with Crippen LogP contribution in [0.1, 0.15) is 5.69 Å². The summed E-state index contributed by atoms with van der Waals surface area (Å²) in [5, 5.41) is 11.5. The summed E-state index contributed by atoms with van der Waals surface area (Å²) in [6.45, 7) is 0.560. The van der Waals surface area contributed by atoms with Gasteiger partial charge in [0.25, 0.3) is 0 Å². The Bertz CT molecular complexity index is 764. The van der Waals surface area contributed by atoms with E-state index in [1.807, 2.05) is 0 Å². The van der Waals surface area contributed by atoms with Crippen molar-refractivity contribution in [1.82, 2.24) is 9.88 Å². The minimum Gasteiger partial charge on any atom is -0.480 e. The van der Waals surface area contributed by atoms with Crippen LogP contribution in [-0.4, -0.2) is 52.7 Å². The van der Waals surface area contributed by atoms with Gasteiger partial charge in [0.1, 0.15) is 10.8 Å². The zero-order chi connectivity index (χ0) is 17.1. The third-order valence-corrected chi connectivity index (χ3v) is 4.63. The van der Waals surface area contributed by atoms with E-state index in [1.54, 1.807) is 17.5 Å². The highest BCUT2D eigenvalue weighted by molar-refractivity contribution is 7.13. The molecular formula is C16H15FN2O4S. The molecular weight excluding hydrogens is 335 g/mol. The van der Waals surface area contributed by atoms with Gasteiger partial charge in [-0.15, -0.1) is 11.3 Å². The summed E-state index contributed by atoms with van der Waals surface area (Å²) in [5.74, 6) is -1.73. The number of carboxylic acids is 1. The normalized spacial score (nSPS) is 17.7. The topological polar surface area (TPSA) is 79.7 Å². The summed E-state index contributed by atoms with van der Waals surface area (Å²) in [6, 6.07) is 5.12. The number of carbonyl (C=O) groups excluding carboxylic acids is 1. The quantitative estimate of drug-likeness (QED) is 0.910. The fourth-order valence-electron chi connectivity index (χ4n) is 2.51. The molecule has 1 saturated heterocycles. The van der Waals surface area contributed by atoms with Crippen LogP contribution >= 0.6 is 11.3 Å². The van der Waals surface area contributed by atoms with E-state index in [9.17, 15) is 19.1 Å². The first kappa shape index (κ1) is 16.5. The van der Waals surface area contributed by atoms with Gasteiger partial charge in [-0.1, -0.05) is 12.1 Å². The van der Waals surface area contributed by atoms with E-state index in [4.69, 9.17) is 4.74 Å². The number of nitrogens with zero attached hydrogens (tertiary/aromatic N) is 2. The van der Waals surface area contributed by atoms with Gasteiger partial charge in [-0.2, -0.15) is 0 Å². The number of halogens is 1. The van der Waals surface area contributed by atoms with E-state index in [2.05, 4.69) is 4.98 Å². The smallest absolute Gasteiger partial charge is 0.328 e. The SMILES string of the molecule is O=C(O)[C@@H]1COCCN1C(=O)Cc1csc(-c2cccc(F)c2)n1. The van der Waals surface area contributed by atoms with Crippen molar-refractivity contribution < 1.29 is 23.8 Å². The van der Waals surface area contributed by atoms with E-state index < -0.39 is 12.0 Å². The number of morpholine rings is 1. The number of carbonyl (C=O) groups is 2. The van der Waals surface area contributed by atoms with Crippen LogP contribution in [0.15, 0.2) is 29.6 Å². The molecule has 1 amide bonds. The molecule has 1 fully saturated rings. The molecule has 1 N–H and O–H groups in total. The van der Waals surface area contributed by atoms with Crippen LogP contribution in [-0.2, 0) is 20.7 Å². The molecule has 1 atom stereocenters. The molecule has 1 aromatic heterocycles. The lowest BCUT2D eigenvalue weighted by molar-refractivity contribution is -0.158. The highest BCUT2D eigenvalue weighted by Gasteiger charge is 2.32. The van der Waals surface area contributed by atoms with Crippen LogP contribution < -0.4 is 0 Å². The first-order valence-corrected chi connectivity index (χ1v) is 8.23. The Labute approximate surface area is 141 Å². The van der Waals surface area contributed by atoms with E-state index in [0.717, 1.165) is 0 Å². The van der Waals surface area contributed by atoms with E-state index in [-0.39, 0.29) is 31.3 Å². The van der Waals surface area contributed by atoms with Crippen molar-refractivity contribution in [2.45, 2.75) is 12.5 Å². The summed E-state index contributed by atoms with van der Waals surface area (Å²) in [6.07, 6.45) is 0.00952. The standard InChI is InChI=1S/C16H15FN2O4S/c17-11-3-1-2-10(6-11)15-18-12(9-24-15)7-14(20)19-4-5-23-8-13(19)16(21)22/h1-3,6,9,13H,4-5,7-8H2,(H,21,22)/t13-/m0/s1. The Hall–Kier alpha value is -2.32. The second-order valence-electron chi connectivity index (χ2n) is 5.35. The van der Waals surface area contributed by atoms with Crippen LogP contribution in [0.5, 0.6) is 0 Å². The molecule has 1 aliphatic rings. The summed E-state index contributed by atoms with van der Waals surface area (Å²) < 4.78 is 18.4. The molecule has 126 valence electrons. The largest absolute Gasteiger partial charge is 0.480 e. The van der Waals surface area contributed by atoms with E-state index in [0.29, 0.717) is 22.9 Å². The lowest BCUT2D eigenvalue weighted by Gasteiger charge is -2.32. The first-order chi connectivity index (χ1) is 11.5. The number of aromatic nitrogens is 1. The van der Waals surface area contributed by atoms with Gasteiger partial charge in [0.15, 0.2) is 6.04 Å². The fraction of sp³-hybridized carbons (Fsp3) is 0.312. The average Bonchev–Trinajstić information content (AvgIpc) is 3.03. The maximum atomic E-state index is 13.3. The molecule has 6 nitrogen and oxygen atoms in total. The number of amides is 1. The molecule has 24 heavy (non-hydrogen) atoms. The Morgan fingerprint density at radius 3 is 3.04 bits per heavy atom. The first-order valence-electron chi connectivity index (χ1n) is 7.35. The fourth-order valence-corrected chi connectivity index (χ4v) is 3.32. The Morgan fingerprint density at radius 2 is 2.29 bits per heavy atom. The van der Waals surface area contributed by atoms with Crippen LogP contribution in [0.4, 0.5) is 4.39 Å². The van der Waals surface area contributed by atoms with Gasteiger partial charge < -0.3 is 14.7 Å². The summed E-state index contributed by atoms with van der Waals surface area (Å²) in [5.41, 5.74) is 1.19. The predicted octanol–water partition coefficient (Wildman–Crippen LogP) is 1.80. The summed E-state index contributed by atoms with van der Waals surface area (Å²) in [7, 11) is 0. The molecule has 1 aromatic carbocycles. The molecule has 2 heterocycles. The second kappa shape index (κ2) is 7.06. The Morgan fingerprint density at radius 1 is 1.46 bits per heavy atom. The number of ether oxygens (including phenoxy) is 1. The maximum Gasteiger partial charge on any atom is 0.328 e. The van der Waals surface area contributed by atoms with Crippen LogP contribution in [0.25, 0.3) is 10.6 Å². The van der Waals surface area contributed by atoms with E-state index in [1.165, 1.54) is 28.4 Å². The number of thiazole rings is 1. The van der Waals surface area contributed by atoms with Gasteiger partial charge in [-0.05, 0) is 12.1 Å². The van der Waals surface area contributed by atoms with Crippen molar-refractivity contribution in [1.29, 1.82) is 0 Å². The number of aliphatic carboxylic acids is 1. The molecule has 0 unspecified atom stereocenters. The molecule has 1 aliphatic heterocycles. The van der Waals surface area contributed by atoms with Gasteiger partial charge in [-0.3, -0.25) is 4.79 Å². The molecule has 0 aliphatic carbocycles. The third kappa shape index (κ3) is 3.60. The third-order valence-electron chi connectivity index (χ3n) is 3.69. The monoisotopic (exact) mass is 350 g/mol. The number of hydrogen-bond donors (Lipinski definition) is 1. The summed E-state index contributed by atoms with van der Waals surface area (Å²) in [4.78, 5) is 29.3. The van der Waals surface area contributed by atoms with Crippen molar-refractivity contribution in [3.05, 3.63) is 41.2 Å². The van der Waals surface area contributed by atoms with Gasteiger partial charge in [0.05, 0.1) is 25.3 Å². The Kier molecular flexibility index (Phi) is 4.86. The number of rotatable bonds is 4. The van der Waals surface area contributed by atoms with Crippen molar-refractivity contribution in [2.75, 3.05) is 19.8 Å². The predicted molar refractivity (Wildman–Crippen MR) is 85.2 cm³/mol. The van der Waals surface area contributed by atoms with Gasteiger partial charge in [-0.25, -0.2) is 14.2 Å². The van der Waals surface area contributed by atoms with Crippen molar-refractivity contribution in [3.63, 3.8) is 0 Å². The highest BCUT2D eigenvalue weighted by atomic mass is 32.1. The molecule has 0 spiro atoms. The lowest BCUT2D eigenvalue weighted by atomic mass is 10.2. The van der Waals surface area contributed by atoms with Crippen molar-refractivity contribution in [3.8, 4) is 10.6 Å². The molecule has 0 saturated carbocycles. The van der Waals surface area contributed by atoms with Gasteiger partial charge in [0, 0.05) is 17.5 Å². The number of hydrogen-bond acceptors (Lipinski definition) is 5. The van der Waals surface area contributed by atoms with Crippen LogP contribution in [0.3, 0.4) is 0 Å². The van der Waals surface area contributed by atoms with Gasteiger partial charge >= 0.3 is 5.97 Å². The highest BCUT2D eigenvalue weighted by Crippen LogP contribution is 2.24. The molecule has 3 rings (SSSR count). The molecule has 0 radical (unpaired) electrons. The minimum atomic E-state index is -1.08. The minimum absolute atomic E-state index is 0.00726. The molecule has 8 heteroatoms. The van der Waals surface area contributed by atoms with Gasteiger partial charge in [0.2, 0.25) is 5.91 Å². The van der Waals surface area contributed by atoms with Crippen LogP contribution in [0.2, 0.25) is 0 Å². The van der Waals surface area contributed by atoms with Crippen LogP contribution in [0, 0.1) is 5.82 Å². The van der Waals surface area contributed by atoms with Crippen molar-refractivity contribution in [2.24, 2.45) is 0 Å². The molecule has 2 aromatic rings. The second-order valence-corrected chi connectivity index (χ2v) is 6.21. The number of carboxylic acid groups (broad SMARTS) is 1. The zero-order valence-corrected chi connectivity index (χ0v) is 13.5. The maximum absolute atomic E-state index is 13.3. The Balaban J connectivity index is 1.72. The zero-order valence-electron chi connectivity index (χ0n) is 12.6. The van der Waals surface area contributed by atoms with E-state index >= 15 is 0 Å². The lowest BCUT2D eigenvalue weighted by Crippen LogP contribution is -2.53. The number of benzene rings is 1. The summed E-state index contributed by atoms with van der Waals surface area (Å²) >= 11 is 1.32.